The van der Waals surface area contributed by atoms with Crippen molar-refractivity contribution >= 4 is 35.5 Å². The van der Waals surface area contributed by atoms with Gasteiger partial charge in [-0.25, -0.2) is 9.59 Å². The lowest BCUT2D eigenvalue weighted by molar-refractivity contribution is -0.124. The van der Waals surface area contributed by atoms with E-state index in [1.165, 1.54) is 12.6 Å². The number of carbonyl (C=O) groups excluding carboxylic acids is 4. The van der Waals surface area contributed by atoms with Crippen LogP contribution in [0, 0.1) is 0 Å². The average Bonchev–Trinajstić information content (AvgIpc) is 3.69. The number of carboxylic acid groups (broad SMARTS) is 1. The average molecular weight is 705 g/mol. The van der Waals surface area contributed by atoms with E-state index in [1.54, 1.807) is 18.2 Å². The summed E-state index contributed by atoms with van der Waals surface area (Å²) >= 11 is 0. The van der Waals surface area contributed by atoms with Gasteiger partial charge >= 0.3 is 12.1 Å². The van der Waals surface area contributed by atoms with Gasteiger partial charge in [0.05, 0.1) is 5.56 Å². The van der Waals surface area contributed by atoms with Crippen LogP contribution in [-0.2, 0) is 20.7 Å². The van der Waals surface area contributed by atoms with Crippen LogP contribution in [0.4, 0.5) is 10.5 Å². The van der Waals surface area contributed by atoms with Gasteiger partial charge in [0, 0.05) is 50.1 Å². The number of nitrogens with one attached hydrogen (secondary N) is 4. The smallest absolute Gasteiger partial charge is 0.406 e. The number of carboxylic acids is 1. The molecule has 6 rings (SSSR count). The molecular weight excluding hydrogens is 660 g/mol. The van der Waals surface area contributed by atoms with Crippen molar-refractivity contribution in [3.05, 3.63) is 112 Å². The van der Waals surface area contributed by atoms with E-state index in [9.17, 15) is 29.1 Å². The Labute approximate surface area is 303 Å². The molecule has 11 nitrogen and oxygen atoms in total. The van der Waals surface area contributed by atoms with Gasteiger partial charge in [-0.15, -0.1) is 0 Å². The van der Waals surface area contributed by atoms with E-state index in [1.807, 2.05) is 68.4 Å². The van der Waals surface area contributed by atoms with Crippen LogP contribution in [0.15, 0.2) is 78.9 Å². The molecule has 0 radical (unpaired) electrons. The van der Waals surface area contributed by atoms with Crippen LogP contribution < -0.4 is 21.3 Å². The molecule has 0 bridgehead atoms. The molecule has 1 unspecified atom stereocenters. The van der Waals surface area contributed by atoms with Gasteiger partial charge < -0.3 is 31.1 Å². The SMILES string of the molecule is CCCNC(=O)CCC(=O)Nc1ccc2c(c1)C(COC(=O)NC)c1cccc(C(=O)NCCC)c1-2.O=C(O)c1cccc2c1-c1ccccc1C2. The van der Waals surface area contributed by atoms with Crippen molar-refractivity contribution in [1.29, 1.82) is 0 Å². The van der Waals surface area contributed by atoms with E-state index in [4.69, 9.17) is 4.74 Å². The van der Waals surface area contributed by atoms with Crippen LogP contribution >= 0.6 is 0 Å². The maximum absolute atomic E-state index is 12.9. The van der Waals surface area contributed by atoms with Gasteiger partial charge in [0.15, 0.2) is 0 Å². The summed E-state index contributed by atoms with van der Waals surface area (Å²) in [6.07, 6.45) is 2.13. The van der Waals surface area contributed by atoms with Crippen molar-refractivity contribution in [2.45, 2.75) is 51.9 Å². The lowest BCUT2D eigenvalue weighted by atomic mass is 9.96. The van der Waals surface area contributed by atoms with E-state index in [0.29, 0.717) is 29.9 Å². The van der Waals surface area contributed by atoms with Gasteiger partial charge in [-0.2, -0.15) is 0 Å². The highest BCUT2D eigenvalue weighted by Gasteiger charge is 2.33. The molecule has 0 aromatic heterocycles. The summed E-state index contributed by atoms with van der Waals surface area (Å²) in [5.74, 6) is -1.74. The van der Waals surface area contributed by atoms with Crippen LogP contribution in [-0.4, -0.2) is 61.6 Å². The standard InChI is InChI=1S/C27H34N4O5.C14H10O2/c1-4-13-29-23(32)11-12-24(33)31-17-9-10-19-21(15-17)22(16-36-27(35)28-3)18-7-6-8-20(25(18)19)26(34)30-14-5-2;15-14(16)12-7-3-5-10-8-9-4-1-2-6-11(9)13(10)12/h6-10,15,22H,4-5,11-14,16H2,1-3H3,(H,28,35)(H,29,32)(H,30,34)(H,31,33);1-7H,8H2,(H,15,16). The Morgan fingerprint density at radius 1 is 0.731 bits per heavy atom. The summed E-state index contributed by atoms with van der Waals surface area (Å²) in [5.41, 5.74) is 9.21. The second-order valence-corrected chi connectivity index (χ2v) is 12.6. The third-order valence-electron chi connectivity index (χ3n) is 9.02. The third kappa shape index (κ3) is 8.48. The predicted octanol–water partition coefficient (Wildman–Crippen LogP) is 6.50. The summed E-state index contributed by atoms with van der Waals surface area (Å²) in [6, 6.07) is 24.5. The van der Waals surface area contributed by atoms with E-state index < -0.39 is 12.1 Å². The fourth-order valence-electron chi connectivity index (χ4n) is 6.59. The van der Waals surface area contributed by atoms with Gasteiger partial charge in [0.1, 0.15) is 6.61 Å². The molecule has 11 heteroatoms. The summed E-state index contributed by atoms with van der Waals surface area (Å²) in [5, 5.41) is 20.2. The van der Waals surface area contributed by atoms with Crippen molar-refractivity contribution < 1.29 is 33.8 Å². The Kier molecular flexibility index (Phi) is 12.4. The molecule has 0 aliphatic heterocycles. The largest absolute Gasteiger partial charge is 0.478 e. The van der Waals surface area contributed by atoms with Crippen LogP contribution in [0.5, 0.6) is 0 Å². The molecule has 4 aromatic rings. The van der Waals surface area contributed by atoms with Crippen LogP contribution in [0.25, 0.3) is 22.3 Å². The number of aromatic carboxylic acids is 1. The Morgan fingerprint density at radius 3 is 2.17 bits per heavy atom. The zero-order valence-corrected chi connectivity index (χ0v) is 29.6. The molecule has 0 fully saturated rings. The molecule has 270 valence electrons. The summed E-state index contributed by atoms with van der Waals surface area (Å²) < 4.78 is 5.39. The highest BCUT2D eigenvalue weighted by molar-refractivity contribution is 6.04. The fourth-order valence-corrected chi connectivity index (χ4v) is 6.59. The number of rotatable bonds is 12. The molecule has 1 atom stereocenters. The van der Waals surface area contributed by atoms with Crippen molar-refractivity contribution in [3.8, 4) is 22.3 Å². The first-order valence-corrected chi connectivity index (χ1v) is 17.6. The van der Waals surface area contributed by atoms with Crippen molar-refractivity contribution in [1.82, 2.24) is 16.0 Å². The first-order chi connectivity index (χ1) is 25.2. The minimum atomic E-state index is -0.853. The van der Waals surface area contributed by atoms with E-state index in [2.05, 4.69) is 27.3 Å². The quantitative estimate of drug-likeness (QED) is 0.0991. The van der Waals surface area contributed by atoms with Gasteiger partial charge in [0.25, 0.3) is 5.91 Å². The summed E-state index contributed by atoms with van der Waals surface area (Å²) in [4.78, 5) is 60.2. The first-order valence-electron chi connectivity index (χ1n) is 17.6. The highest BCUT2D eigenvalue weighted by Crippen LogP contribution is 2.47. The number of benzene rings is 4. The first kappa shape index (κ1) is 37.3. The van der Waals surface area contributed by atoms with E-state index in [-0.39, 0.29) is 43.1 Å². The molecule has 2 aliphatic carbocycles. The minimum Gasteiger partial charge on any atom is -0.478 e. The number of fused-ring (bicyclic) bond motifs is 6. The molecule has 0 saturated heterocycles. The Bertz CT molecular complexity index is 1990. The van der Waals surface area contributed by atoms with Crippen LogP contribution in [0.1, 0.15) is 88.4 Å². The molecule has 0 spiro atoms. The molecule has 4 amide bonds. The number of hydrogen-bond donors (Lipinski definition) is 5. The zero-order valence-electron chi connectivity index (χ0n) is 29.6. The van der Waals surface area contributed by atoms with E-state index >= 15 is 0 Å². The number of amides is 4. The van der Waals surface area contributed by atoms with Gasteiger partial charge in [0.2, 0.25) is 11.8 Å². The minimum absolute atomic E-state index is 0.0673. The third-order valence-corrected chi connectivity index (χ3v) is 9.02. The number of carbonyl (C=O) groups is 5. The van der Waals surface area contributed by atoms with Gasteiger partial charge in [-0.3, -0.25) is 14.4 Å². The molecule has 5 N–H and O–H groups in total. The number of anilines is 1. The zero-order chi connectivity index (χ0) is 37.2. The summed E-state index contributed by atoms with van der Waals surface area (Å²) in [6.45, 7) is 5.19. The number of ether oxygens (including phenoxy) is 1. The Morgan fingerprint density at radius 2 is 1.42 bits per heavy atom. The second-order valence-electron chi connectivity index (χ2n) is 12.6. The van der Waals surface area contributed by atoms with Gasteiger partial charge in [-0.05, 0) is 88.0 Å². The predicted molar refractivity (Wildman–Crippen MR) is 200 cm³/mol. The topological polar surface area (TPSA) is 163 Å². The normalized spacial score (nSPS) is 12.9. The number of hydrogen-bond acceptors (Lipinski definition) is 6. The monoisotopic (exact) mass is 704 g/mol. The van der Waals surface area contributed by atoms with Crippen LogP contribution in [0.3, 0.4) is 0 Å². The molecule has 4 aromatic carbocycles. The van der Waals surface area contributed by atoms with Crippen molar-refractivity contribution in [2.75, 3.05) is 32.1 Å². The van der Waals surface area contributed by atoms with Gasteiger partial charge in [-0.1, -0.05) is 68.4 Å². The lowest BCUT2D eigenvalue weighted by Gasteiger charge is -2.15. The second kappa shape index (κ2) is 17.3. The molecule has 52 heavy (non-hydrogen) atoms. The van der Waals surface area contributed by atoms with Crippen LogP contribution in [0.2, 0.25) is 0 Å². The van der Waals surface area contributed by atoms with Crippen molar-refractivity contribution in [2.24, 2.45) is 0 Å². The molecule has 0 heterocycles. The Balaban J connectivity index is 0.000000268. The maximum atomic E-state index is 12.9. The maximum Gasteiger partial charge on any atom is 0.406 e. The Hall–Kier alpha value is -5.97. The lowest BCUT2D eigenvalue weighted by Crippen LogP contribution is -2.25. The molecular formula is C41H44N4O7. The fraction of sp³-hybridized carbons (Fsp3) is 0.293. The molecule has 2 aliphatic rings. The van der Waals surface area contributed by atoms with E-state index in [0.717, 1.165) is 58.2 Å². The van der Waals surface area contributed by atoms with Crippen molar-refractivity contribution in [3.63, 3.8) is 0 Å². The number of alkyl carbamates (subject to hydrolysis) is 1. The summed E-state index contributed by atoms with van der Waals surface area (Å²) in [7, 11) is 1.49. The highest BCUT2D eigenvalue weighted by atomic mass is 16.5. The molecule has 0 saturated carbocycles.